The molecule has 2 aromatic carbocycles. The van der Waals surface area contributed by atoms with E-state index in [0.717, 1.165) is 23.3 Å². The van der Waals surface area contributed by atoms with E-state index in [0.29, 0.717) is 25.5 Å². The van der Waals surface area contributed by atoms with Gasteiger partial charge in [0, 0.05) is 13.0 Å². The standard InChI is InChI=1S/C17H20FNO2/c1-13-10-15(18)6-7-17(13)21-9-3-8-20-16-5-2-4-14(11-16)12-19/h2,4-7,10-11H,3,8-9,12,19H2,1H3. The second kappa shape index (κ2) is 7.64. The van der Waals surface area contributed by atoms with E-state index < -0.39 is 0 Å². The summed E-state index contributed by atoms with van der Waals surface area (Å²) in [7, 11) is 0. The van der Waals surface area contributed by atoms with Crippen molar-refractivity contribution in [2.45, 2.75) is 19.9 Å². The molecule has 0 aliphatic heterocycles. The minimum atomic E-state index is -0.247. The molecule has 0 radical (unpaired) electrons. The third-order valence-electron chi connectivity index (χ3n) is 3.09. The number of benzene rings is 2. The topological polar surface area (TPSA) is 44.5 Å². The lowest BCUT2D eigenvalue weighted by molar-refractivity contribution is 0.246. The Kier molecular flexibility index (Phi) is 5.58. The number of rotatable bonds is 7. The Balaban J connectivity index is 1.72. The van der Waals surface area contributed by atoms with Crippen molar-refractivity contribution in [3.05, 3.63) is 59.4 Å². The summed E-state index contributed by atoms with van der Waals surface area (Å²) in [6.45, 7) is 3.43. The first-order valence-electron chi connectivity index (χ1n) is 7.00. The van der Waals surface area contributed by atoms with E-state index in [-0.39, 0.29) is 5.82 Å². The first kappa shape index (κ1) is 15.3. The fourth-order valence-corrected chi connectivity index (χ4v) is 1.97. The van der Waals surface area contributed by atoms with E-state index in [1.54, 1.807) is 6.07 Å². The highest BCUT2D eigenvalue weighted by atomic mass is 19.1. The van der Waals surface area contributed by atoms with Crippen molar-refractivity contribution in [2.24, 2.45) is 5.73 Å². The SMILES string of the molecule is Cc1cc(F)ccc1OCCCOc1cccc(CN)c1. The van der Waals surface area contributed by atoms with Crippen molar-refractivity contribution in [2.75, 3.05) is 13.2 Å². The van der Waals surface area contributed by atoms with E-state index in [1.165, 1.54) is 12.1 Å². The molecule has 0 bridgehead atoms. The number of hydrogen-bond donors (Lipinski definition) is 1. The number of halogens is 1. The number of nitrogens with two attached hydrogens (primary N) is 1. The van der Waals surface area contributed by atoms with Crippen molar-refractivity contribution in [3.63, 3.8) is 0 Å². The fourth-order valence-electron chi connectivity index (χ4n) is 1.97. The van der Waals surface area contributed by atoms with E-state index >= 15 is 0 Å². The third kappa shape index (κ3) is 4.76. The second-order valence-electron chi connectivity index (χ2n) is 4.81. The molecular formula is C17H20FNO2. The summed E-state index contributed by atoms with van der Waals surface area (Å²) >= 11 is 0. The predicted octanol–water partition coefficient (Wildman–Crippen LogP) is 3.44. The molecule has 0 saturated carbocycles. The summed E-state index contributed by atoms with van der Waals surface area (Å²) in [5.41, 5.74) is 7.43. The van der Waals surface area contributed by atoms with Crippen LogP contribution >= 0.6 is 0 Å². The first-order chi connectivity index (χ1) is 10.2. The van der Waals surface area contributed by atoms with Crippen molar-refractivity contribution < 1.29 is 13.9 Å². The summed E-state index contributed by atoms with van der Waals surface area (Å²) in [5.74, 6) is 1.28. The average molecular weight is 289 g/mol. The van der Waals surface area contributed by atoms with Crippen LogP contribution < -0.4 is 15.2 Å². The van der Waals surface area contributed by atoms with Crippen molar-refractivity contribution in [3.8, 4) is 11.5 Å². The van der Waals surface area contributed by atoms with Crippen molar-refractivity contribution in [1.29, 1.82) is 0 Å². The van der Waals surface area contributed by atoms with Crippen LogP contribution in [0.4, 0.5) is 4.39 Å². The molecule has 4 heteroatoms. The van der Waals surface area contributed by atoms with Crippen LogP contribution in [0.2, 0.25) is 0 Å². The van der Waals surface area contributed by atoms with E-state index in [1.807, 2.05) is 31.2 Å². The Morgan fingerprint density at radius 2 is 1.86 bits per heavy atom. The van der Waals surface area contributed by atoms with Gasteiger partial charge in [0.15, 0.2) is 0 Å². The van der Waals surface area contributed by atoms with E-state index in [2.05, 4.69) is 0 Å². The summed E-state index contributed by atoms with van der Waals surface area (Å²) in [6.07, 6.45) is 0.754. The maximum absolute atomic E-state index is 13.0. The Hall–Kier alpha value is -2.07. The lowest BCUT2D eigenvalue weighted by Crippen LogP contribution is -2.06. The molecule has 3 nitrogen and oxygen atoms in total. The molecule has 2 rings (SSSR count). The first-order valence-corrected chi connectivity index (χ1v) is 7.00. The van der Waals surface area contributed by atoms with Gasteiger partial charge in [-0.05, 0) is 48.4 Å². The van der Waals surface area contributed by atoms with Crippen molar-refractivity contribution >= 4 is 0 Å². The Bertz CT molecular complexity index is 587. The maximum atomic E-state index is 13.0. The lowest BCUT2D eigenvalue weighted by atomic mass is 10.2. The van der Waals surface area contributed by atoms with Gasteiger partial charge in [0.2, 0.25) is 0 Å². The van der Waals surface area contributed by atoms with Gasteiger partial charge in [0.1, 0.15) is 17.3 Å². The zero-order chi connectivity index (χ0) is 15.1. The molecule has 0 aliphatic rings. The van der Waals surface area contributed by atoms with E-state index in [4.69, 9.17) is 15.2 Å². The Morgan fingerprint density at radius 1 is 1.05 bits per heavy atom. The monoisotopic (exact) mass is 289 g/mol. The molecule has 0 amide bonds. The summed E-state index contributed by atoms with van der Waals surface area (Å²) in [6, 6.07) is 12.2. The molecule has 21 heavy (non-hydrogen) atoms. The molecule has 0 fully saturated rings. The summed E-state index contributed by atoms with van der Waals surface area (Å²) in [5, 5.41) is 0. The smallest absolute Gasteiger partial charge is 0.123 e. The zero-order valence-corrected chi connectivity index (χ0v) is 12.1. The van der Waals surface area contributed by atoms with Gasteiger partial charge < -0.3 is 15.2 Å². The molecule has 0 heterocycles. The highest BCUT2D eigenvalue weighted by molar-refractivity contribution is 5.32. The van der Waals surface area contributed by atoms with Gasteiger partial charge in [0.25, 0.3) is 0 Å². The van der Waals surface area contributed by atoms with Gasteiger partial charge in [-0.3, -0.25) is 0 Å². The van der Waals surface area contributed by atoms with Crippen molar-refractivity contribution in [1.82, 2.24) is 0 Å². The molecule has 0 aliphatic carbocycles. The number of ether oxygens (including phenoxy) is 2. The molecule has 0 saturated heterocycles. The second-order valence-corrected chi connectivity index (χ2v) is 4.81. The van der Waals surface area contributed by atoms with E-state index in [9.17, 15) is 4.39 Å². The quantitative estimate of drug-likeness (QED) is 0.794. The van der Waals surface area contributed by atoms with Gasteiger partial charge in [-0.1, -0.05) is 12.1 Å². The molecular weight excluding hydrogens is 269 g/mol. The van der Waals surface area contributed by atoms with Gasteiger partial charge in [-0.25, -0.2) is 4.39 Å². The highest BCUT2D eigenvalue weighted by Crippen LogP contribution is 2.18. The summed E-state index contributed by atoms with van der Waals surface area (Å²) in [4.78, 5) is 0. The summed E-state index contributed by atoms with van der Waals surface area (Å²) < 4.78 is 24.2. The third-order valence-corrected chi connectivity index (χ3v) is 3.09. The Morgan fingerprint density at radius 3 is 2.62 bits per heavy atom. The molecule has 0 unspecified atom stereocenters. The molecule has 0 aromatic heterocycles. The average Bonchev–Trinajstić information content (AvgIpc) is 2.49. The van der Waals surface area contributed by atoms with Gasteiger partial charge in [0.05, 0.1) is 13.2 Å². The number of hydrogen-bond acceptors (Lipinski definition) is 3. The normalized spacial score (nSPS) is 10.4. The highest BCUT2D eigenvalue weighted by Gasteiger charge is 2.01. The largest absolute Gasteiger partial charge is 0.493 e. The molecule has 2 N–H and O–H groups in total. The van der Waals surface area contributed by atoms with Crippen LogP contribution in [0, 0.1) is 12.7 Å². The molecule has 112 valence electrons. The van der Waals surface area contributed by atoms with Crippen LogP contribution in [0.25, 0.3) is 0 Å². The predicted molar refractivity (Wildman–Crippen MR) is 81.1 cm³/mol. The van der Waals surface area contributed by atoms with Gasteiger partial charge in [-0.15, -0.1) is 0 Å². The molecule has 0 spiro atoms. The molecule has 2 aromatic rings. The van der Waals surface area contributed by atoms with Crippen LogP contribution in [-0.2, 0) is 6.54 Å². The maximum Gasteiger partial charge on any atom is 0.123 e. The number of aryl methyl sites for hydroxylation is 1. The van der Waals surface area contributed by atoms with Crippen LogP contribution in [-0.4, -0.2) is 13.2 Å². The minimum Gasteiger partial charge on any atom is -0.493 e. The van der Waals surface area contributed by atoms with Crippen LogP contribution in [0.3, 0.4) is 0 Å². The zero-order valence-electron chi connectivity index (χ0n) is 12.1. The van der Waals surface area contributed by atoms with Gasteiger partial charge >= 0.3 is 0 Å². The van der Waals surface area contributed by atoms with Gasteiger partial charge in [-0.2, -0.15) is 0 Å². The van der Waals surface area contributed by atoms with Crippen LogP contribution in [0.1, 0.15) is 17.5 Å². The van der Waals surface area contributed by atoms with Crippen LogP contribution in [0.15, 0.2) is 42.5 Å². The van der Waals surface area contributed by atoms with Crippen LogP contribution in [0.5, 0.6) is 11.5 Å². The molecule has 0 atom stereocenters. The minimum absolute atomic E-state index is 0.247. The lowest BCUT2D eigenvalue weighted by Gasteiger charge is -2.10. The fraction of sp³-hybridized carbons (Fsp3) is 0.294. The Labute approximate surface area is 124 Å².